The van der Waals surface area contributed by atoms with Gasteiger partial charge in [0.1, 0.15) is 11.5 Å². The van der Waals surface area contributed by atoms with Crippen LogP contribution in [-0.4, -0.2) is 37.1 Å². The second kappa shape index (κ2) is 18.6. The zero-order valence-corrected chi connectivity index (χ0v) is 23.1. The molecule has 2 aromatic rings. The number of benzene rings is 2. The van der Waals surface area contributed by atoms with Gasteiger partial charge in [-0.1, -0.05) is 46.0 Å². The summed E-state index contributed by atoms with van der Waals surface area (Å²) in [7, 11) is 0. The molecule has 8 heteroatoms. The van der Waals surface area contributed by atoms with Crippen molar-refractivity contribution in [2.45, 2.75) is 84.5 Å². The summed E-state index contributed by atoms with van der Waals surface area (Å²) < 4.78 is 21.0. The molecule has 2 rings (SSSR count). The van der Waals surface area contributed by atoms with Crippen molar-refractivity contribution < 1.29 is 38.1 Å². The molecule has 0 fully saturated rings. The summed E-state index contributed by atoms with van der Waals surface area (Å²) in [6.45, 7) is 4.84. The van der Waals surface area contributed by atoms with Crippen molar-refractivity contribution in [2.75, 3.05) is 13.2 Å². The monoisotopic (exact) mass is 540 g/mol. The summed E-state index contributed by atoms with van der Waals surface area (Å²) in [5.41, 5.74) is 0.847. The van der Waals surface area contributed by atoms with Crippen molar-refractivity contribution in [1.82, 2.24) is 0 Å². The molecule has 0 N–H and O–H groups in total. The van der Waals surface area contributed by atoms with Crippen LogP contribution < -0.4 is 9.47 Å². The van der Waals surface area contributed by atoms with E-state index in [4.69, 9.17) is 18.9 Å². The second-order valence-electron chi connectivity index (χ2n) is 9.24. The molecule has 39 heavy (non-hydrogen) atoms. The first-order valence-corrected chi connectivity index (χ1v) is 13.9. The highest BCUT2D eigenvalue weighted by Gasteiger charge is 2.11. The van der Waals surface area contributed by atoms with Gasteiger partial charge in [0.2, 0.25) is 0 Å². The molecule has 0 aliphatic heterocycles. The first-order valence-electron chi connectivity index (χ1n) is 13.9. The lowest BCUT2D eigenvalue weighted by Crippen LogP contribution is -2.09. The van der Waals surface area contributed by atoms with Gasteiger partial charge in [0.15, 0.2) is 0 Å². The van der Waals surface area contributed by atoms with Crippen molar-refractivity contribution in [3.8, 4) is 11.5 Å². The molecule has 8 nitrogen and oxygen atoms in total. The van der Waals surface area contributed by atoms with Gasteiger partial charge >= 0.3 is 23.9 Å². The zero-order valence-electron chi connectivity index (χ0n) is 23.1. The number of carbonyl (C=O) groups is 4. The highest BCUT2D eigenvalue weighted by Crippen LogP contribution is 2.17. The van der Waals surface area contributed by atoms with Gasteiger partial charge in [-0.15, -0.1) is 0 Å². The maximum absolute atomic E-state index is 12.1. The Labute approximate surface area is 231 Å². The van der Waals surface area contributed by atoms with E-state index in [0.717, 1.165) is 44.9 Å². The van der Waals surface area contributed by atoms with E-state index in [-0.39, 0.29) is 23.9 Å². The molecule has 0 aliphatic rings. The number of hydrogen-bond donors (Lipinski definition) is 0. The fraction of sp³-hybridized carbons (Fsp3) is 0.484. The minimum atomic E-state index is -0.384. The van der Waals surface area contributed by atoms with E-state index in [1.54, 1.807) is 48.5 Å². The summed E-state index contributed by atoms with van der Waals surface area (Å²) in [5, 5.41) is 0. The van der Waals surface area contributed by atoms with E-state index in [2.05, 4.69) is 0 Å². The van der Waals surface area contributed by atoms with Crippen LogP contribution in [0.2, 0.25) is 0 Å². The molecule has 0 spiro atoms. The van der Waals surface area contributed by atoms with Crippen molar-refractivity contribution in [3.63, 3.8) is 0 Å². The minimum absolute atomic E-state index is 0.297. The number of unbranched alkanes of at least 4 members (excludes halogenated alkanes) is 6. The summed E-state index contributed by atoms with van der Waals surface area (Å²) in [4.78, 5) is 48.0. The number of ether oxygens (including phenoxy) is 4. The molecule has 2 aromatic carbocycles. The van der Waals surface area contributed by atoms with Gasteiger partial charge in [-0.05, 0) is 74.2 Å². The van der Waals surface area contributed by atoms with Gasteiger partial charge in [-0.2, -0.15) is 0 Å². The summed E-state index contributed by atoms with van der Waals surface area (Å²) in [6, 6.07) is 12.7. The van der Waals surface area contributed by atoms with Crippen LogP contribution >= 0.6 is 0 Å². The molecule has 0 saturated heterocycles. The van der Waals surface area contributed by atoms with Crippen LogP contribution in [0.5, 0.6) is 11.5 Å². The van der Waals surface area contributed by atoms with Crippen molar-refractivity contribution >= 4 is 23.9 Å². The summed E-state index contributed by atoms with van der Waals surface area (Å²) in [5.74, 6) is -0.626. The number of rotatable bonds is 18. The van der Waals surface area contributed by atoms with Crippen molar-refractivity contribution in [2.24, 2.45) is 0 Å². The van der Waals surface area contributed by atoms with Crippen LogP contribution in [0.3, 0.4) is 0 Å². The molecule has 0 radical (unpaired) electrons. The molecule has 0 unspecified atom stereocenters. The van der Waals surface area contributed by atoms with Gasteiger partial charge in [0.25, 0.3) is 0 Å². The molecule has 0 amide bonds. The average Bonchev–Trinajstić information content (AvgIpc) is 2.93. The highest BCUT2D eigenvalue weighted by molar-refractivity contribution is 5.90. The van der Waals surface area contributed by atoms with Gasteiger partial charge in [0, 0.05) is 12.8 Å². The summed E-state index contributed by atoms with van der Waals surface area (Å²) >= 11 is 0. The normalized spacial score (nSPS) is 10.5. The van der Waals surface area contributed by atoms with E-state index >= 15 is 0 Å². The van der Waals surface area contributed by atoms with Crippen LogP contribution in [-0.2, 0) is 19.1 Å². The molecule has 0 atom stereocenters. The fourth-order valence-corrected chi connectivity index (χ4v) is 3.54. The Bertz CT molecular complexity index is 944. The lowest BCUT2D eigenvalue weighted by Gasteiger charge is -2.07. The molecule has 0 heterocycles. The topological polar surface area (TPSA) is 105 Å². The predicted molar refractivity (Wildman–Crippen MR) is 147 cm³/mol. The Morgan fingerprint density at radius 3 is 1.23 bits per heavy atom. The Kier molecular flexibility index (Phi) is 15.0. The van der Waals surface area contributed by atoms with Crippen molar-refractivity contribution in [1.29, 1.82) is 0 Å². The molecule has 0 saturated carbocycles. The fourth-order valence-electron chi connectivity index (χ4n) is 3.54. The SMILES string of the molecule is CCCCOC(=O)c1ccc(OC(=O)CCCCCCCC(=O)Oc2ccc(C(=O)OCCCC)cc2)cc1. The van der Waals surface area contributed by atoms with E-state index in [1.807, 2.05) is 13.8 Å². The summed E-state index contributed by atoms with van der Waals surface area (Å²) in [6.07, 6.45) is 8.12. The Morgan fingerprint density at radius 1 is 0.513 bits per heavy atom. The minimum Gasteiger partial charge on any atom is -0.462 e. The first-order chi connectivity index (χ1) is 18.9. The Morgan fingerprint density at radius 2 is 0.872 bits per heavy atom. The maximum Gasteiger partial charge on any atom is 0.338 e. The molecule has 0 aliphatic carbocycles. The highest BCUT2D eigenvalue weighted by atomic mass is 16.5. The second-order valence-corrected chi connectivity index (χ2v) is 9.24. The standard InChI is InChI=1S/C31H40O8/c1-3-5-22-36-30(34)24-14-18-26(19-15-24)38-28(32)12-10-8-7-9-11-13-29(33)39-27-20-16-25(17-21-27)31(35)37-23-6-4-2/h14-21H,3-13,22-23H2,1-2H3. The molecular weight excluding hydrogens is 500 g/mol. The van der Waals surface area contributed by atoms with Crippen LogP contribution in [0.25, 0.3) is 0 Å². The predicted octanol–water partition coefficient (Wildman–Crippen LogP) is 6.84. The number of esters is 4. The molecule has 0 aromatic heterocycles. The largest absolute Gasteiger partial charge is 0.462 e. The number of carbonyl (C=O) groups excluding carboxylic acids is 4. The first kappa shape index (κ1) is 31.5. The molecule has 0 bridgehead atoms. The third kappa shape index (κ3) is 13.1. The van der Waals surface area contributed by atoms with Gasteiger partial charge < -0.3 is 18.9 Å². The van der Waals surface area contributed by atoms with E-state index in [0.29, 0.717) is 61.5 Å². The van der Waals surface area contributed by atoms with Crippen molar-refractivity contribution in [3.05, 3.63) is 59.7 Å². The van der Waals surface area contributed by atoms with Crippen LogP contribution in [0.15, 0.2) is 48.5 Å². The third-order valence-electron chi connectivity index (χ3n) is 5.87. The van der Waals surface area contributed by atoms with Gasteiger partial charge in [-0.25, -0.2) is 9.59 Å². The van der Waals surface area contributed by atoms with Crippen LogP contribution in [0.4, 0.5) is 0 Å². The van der Waals surface area contributed by atoms with Crippen LogP contribution in [0, 0.1) is 0 Å². The van der Waals surface area contributed by atoms with Gasteiger partial charge in [-0.3, -0.25) is 9.59 Å². The van der Waals surface area contributed by atoms with E-state index < -0.39 is 0 Å². The van der Waals surface area contributed by atoms with Crippen LogP contribution in [0.1, 0.15) is 105 Å². The lowest BCUT2D eigenvalue weighted by atomic mass is 10.1. The molecule has 212 valence electrons. The van der Waals surface area contributed by atoms with Gasteiger partial charge in [0.05, 0.1) is 24.3 Å². The zero-order chi connectivity index (χ0) is 28.3. The number of hydrogen-bond acceptors (Lipinski definition) is 8. The smallest absolute Gasteiger partial charge is 0.338 e. The average molecular weight is 541 g/mol. The Balaban J connectivity index is 1.54. The lowest BCUT2D eigenvalue weighted by molar-refractivity contribution is -0.135. The Hall–Kier alpha value is -3.68. The maximum atomic E-state index is 12.1. The van der Waals surface area contributed by atoms with E-state index in [9.17, 15) is 19.2 Å². The van der Waals surface area contributed by atoms with E-state index in [1.165, 1.54) is 0 Å². The third-order valence-corrected chi connectivity index (χ3v) is 5.87. The quantitative estimate of drug-likeness (QED) is 0.115. The molecular formula is C31H40O8.